The van der Waals surface area contributed by atoms with Crippen LogP contribution >= 0.6 is 0 Å². The van der Waals surface area contributed by atoms with Crippen LogP contribution in [-0.4, -0.2) is 39.8 Å². The van der Waals surface area contributed by atoms with E-state index in [0.29, 0.717) is 25.2 Å². The van der Waals surface area contributed by atoms with Crippen molar-refractivity contribution >= 4 is 12.0 Å². The van der Waals surface area contributed by atoms with Crippen molar-refractivity contribution in [3.8, 4) is 0 Å². The second-order valence-electron chi connectivity index (χ2n) is 5.07. The van der Waals surface area contributed by atoms with Crippen LogP contribution in [0.3, 0.4) is 0 Å². The van der Waals surface area contributed by atoms with Crippen LogP contribution in [-0.2, 0) is 11.2 Å². The molecule has 0 aliphatic carbocycles. The van der Waals surface area contributed by atoms with E-state index >= 15 is 0 Å². The fourth-order valence-electron chi connectivity index (χ4n) is 1.79. The highest BCUT2D eigenvalue weighted by Gasteiger charge is 2.12. The highest BCUT2D eigenvalue weighted by atomic mass is 16.5. The Morgan fingerprint density at radius 1 is 1.38 bits per heavy atom. The molecular weight excluding hydrogens is 276 g/mol. The molecule has 0 aliphatic rings. The highest BCUT2D eigenvalue weighted by molar-refractivity contribution is 5.74. The van der Waals surface area contributed by atoms with Gasteiger partial charge in [-0.05, 0) is 19.8 Å². The maximum atomic E-state index is 11.6. The molecule has 1 heterocycles. The number of amides is 2. The number of rotatable bonds is 9. The minimum absolute atomic E-state index is 0.00355. The molecule has 21 heavy (non-hydrogen) atoms. The maximum absolute atomic E-state index is 11.6. The smallest absolute Gasteiger partial charge is 0.315 e. The molecule has 0 aliphatic heterocycles. The number of aliphatic carboxylic acids is 1. The maximum Gasteiger partial charge on any atom is 0.315 e. The number of carboxylic acids is 1. The van der Waals surface area contributed by atoms with Crippen LogP contribution in [0.4, 0.5) is 4.79 Å². The largest absolute Gasteiger partial charge is 0.481 e. The van der Waals surface area contributed by atoms with Crippen LogP contribution in [0.25, 0.3) is 0 Å². The Bertz CT molecular complexity index is 435. The first-order chi connectivity index (χ1) is 9.99. The lowest BCUT2D eigenvalue weighted by Crippen LogP contribution is -2.41. The Morgan fingerprint density at radius 2 is 2.14 bits per heavy atom. The zero-order valence-electron chi connectivity index (χ0n) is 12.3. The molecule has 0 spiro atoms. The van der Waals surface area contributed by atoms with Crippen molar-refractivity contribution < 1.29 is 19.2 Å². The molecule has 0 bridgehead atoms. The molecule has 2 atom stereocenters. The van der Waals surface area contributed by atoms with Crippen LogP contribution in [0.1, 0.15) is 38.9 Å². The van der Waals surface area contributed by atoms with Gasteiger partial charge in [-0.3, -0.25) is 4.79 Å². The van der Waals surface area contributed by atoms with Crippen molar-refractivity contribution in [1.82, 2.24) is 20.8 Å². The van der Waals surface area contributed by atoms with Crippen LogP contribution in [0.5, 0.6) is 0 Å². The molecule has 3 N–H and O–H groups in total. The Labute approximate surface area is 123 Å². The molecule has 0 radical (unpaired) electrons. The summed E-state index contributed by atoms with van der Waals surface area (Å²) in [4.78, 5) is 26.1. The van der Waals surface area contributed by atoms with Gasteiger partial charge < -0.3 is 20.3 Å². The minimum atomic E-state index is -0.783. The lowest BCUT2D eigenvalue weighted by Gasteiger charge is -2.15. The van der Waals surface area contributed by atoms with Gasteiger partial charge in [-0.2, -0.15) is 4.98 Å². The third-order valence-electron chi connectivity index (χ3n) is 3.11. The molecule has 2 amide bonds. The van der Waals surface area contributed by atoms with Crippen molar-refractivity contribution in [2.24, 2.45) is 5.92 Å². The number of hydrogen-bond acceptors (Lipinski definition) is 5. The fourth-order valence-corrected chi connectivity index (χ4v) is 1.79. The fraction of sp³-hybridized carbons (Fsp3) is 0.692. The summed E-state index contributed by atoms with van der Waals surface area (Å²) in [6.07, 6.45) is 3.87. The van der Waals surface area contributed by atoms with E-state index in [9.17, 15) is 9.59 Å². The zero-order chi connectivity index (χ0) is 15.7. The SMILES string of the molecule is CC(CCCC(C)C(=O)O)NC(=O)NCCc1ncon1. The lowest BCUT2D eigenvalue weighted by atomic mass is 10.0. The third-order valence-corrected chi connectivity index (χ3v) is 3.11. The van der Waals surface area contributed by atoms with Gasteiger partial charge in [0, 0.05) is 19.0 Å². The number of urea groups is 1. The van der Waals surface area contributed by atoms with Crippen molar-refractivity contribution in [2.45, 2.75) is 45.6 Å². The van der Waals surface area contributed by atoms with Crippen LogP contribution in [0, 0.1) is 5.92 Å². The quantitative estimate of drug-likeness (QED) is 0.630. The van der Waals surface area contributed by atoms with E-state index in [1.807, 2.05) is 6.92 Å². The molecule has 1 aromatic rings. The molecule has 1 rings (SSSR count). The van der Waals surface area contributed by atoms with Crippen molar-refractivity contribution in [3.05, 3.63) is 12.2 Å². The first kappa shape index (κ1) is 16.9. The van der Waals surface area contributed by atoms with Gasteiger partial charge in [-0.25, -0.2) is 4.79 Å². The predicted octanol–water partition coefficient (Wildman–Crippen LogP) is 1.19. The summed E-state index contributed by atoms with van der Waals surface area (Å²) in [5.41, 5.74) is 0. The van der Waals surface area contributed by atoms with Gasteiger partial charge in [-0.1, -0.05) is 18.5 Å². The molecule has 118 valence electrons. The van der Waals surface area contributed by atoms with E-state index in [-0.39, 0.29) is 18.0 Å². The molecular formula is C13H22N4O4. The summed E-state index contributed by atoms with van der Waals surface area (Å²) in [5, 5.41) is 17.9. The monoisotopic (exact) mass is 298 g/mol. The first-order valence-corrected chi connectivity index (χ1v) is 7.01. The standard InChI is InChI=1S/C13H22N4O4/c1-9(12(18)19)4-3-5-10(2)16-13(20)14-7-6-11-15-8-21-17-11/h8-10H,3-7H2,1-2H3,(H,18,19)(H2,14,16,20). The van der Waals surface area contributed by atoms with Crippen molar-refractivity contribution in [2.75, 3.05) is 6.54 Å². The number of nitrogens with zero attached hydrogens (tertiary/aromatic N) is 2. The molecule has 0 saturated carbocycles. The number of carboxylic acid groups (broad SMARTS) is 1. The van der Waals surface area contributed by atoms with Gasteiger partial charge in [0.1, 0.15) is 0 Å². The van der Waals surface area contributed by atoms with E-state index in [1.54, 1.807) is 6.92 Å². The molecule has 0 saturated heterocycles. The predicted molar refractivity (Wildman–Crippen MR) is 74.6 cm³/mol. The van der Waals surface area contributed by atoms with Crippen LogP contribution in [0.2, 0.25) is 0 Å². The Morgan fingerprint density at radius 3 is 2.76 bits per heavy atom. The van der Waals surface area contributed by atoms with E-state index in [0.717, 1.165) is 12.8 Å². The summed E-state index contributed by atoms with van der Waals surface area (Å²) in [6, 6.07) is -0.256. The average Bonchev–Trinajstić information content (AvgIpc) is 2.91. The Balaban J connectivity index is 2.08. The Hall–Kier alpha value is -2.12. The van der Waals surface area contributed by atoms with E-state index in [2.05, 4.69) is 25.3 Å². The van der Waals surface area contributed by atoms with E-state index < -0.39 is 5.97 Å². The summed E-state index contributed by atoms with van der Waals surface area (Å²) in [6.45, 7) is 4.00. The topological polar surface area (TPSA) is 117 Å². The van der Waals surface area contributed by atoms with Crippen LogP contribution < -0.4 is 10.6 Å². The minimum Gasteiger partial charge on any atom is -0.481 e. The third kappa shape index (κ3) is 7.28. The molecule has 0 aromatic carbocycles. The first-order valence-electron chi connectivity index (χ1n) is 7.01. The molecule has 1 aromatic heterocycles. The molecule has 0 fully saturated rings. The van der Waals surface area contributed by atoms with Gasteiger partial charge in [-0.15, -0.1) is 0 Å². The molecule has 8 nitrogen and oxygen atoms in total. The zero-order valence-corrected chi connectivity index (χ0v) is 12.3. The van der Waals surface area contributed by atoms with Crippen LogP contribution in [0.15, 0.2) is 10.9 Å². The van der Waals surface area contributed by atoms with Gasteiger partial charge in [0.15, 0.2) is 5.82 Å². The number of nitrogens with one attached hydrogen (secondary N) is 2. The molecule has 2 unspecified atom stereocenters. The van der Waals surface area contributed by atoms with Gasteiger partial charge >= 0.3 is 12.0 Å². The van der Waals surface area contributed by atoms with Gasteiger partial charge in [0.05, 0.1) is 5.92 Å². The second kappa shape index (κ2) is 8.93. The summed E-state index contributed by atoms with van der Waals surface area (Å²) in [7, 11) is 0. The van der Waals surface area contributed by atoms with Crippen molar-refractivity contribution in [3.63, 3.8) is 0 Å². The van der Waals surface area contributed by atoms with Gasteiger partial charge in [0.2, 0.25) is 6.39 Å². The Kier molecular flexibility index (Phi) is 7.20. The van der Waals surface area contributed by atoms with Crippen molar-refractivity contribution in [1.29, 1.82) is 0 Å². The summed E-state index contributed by atoms with van der Waals surface area (Å²) in [5.74, 6) is -0.582. The molecule has 8 heteroatoms. The van der Waals surface area contributed by atoms with Gasteiger partial charge in [0.25, 0.3) is 0 Å². The normalized spacial score (nSPS) is 13.4. The number of carbonyl (C=O) groups excluding carboxylic acids is 1. The number of aromatic nitrogens is 2. The lowest BCUT2D eigenvalue weighted by molar-refractivity contribution is -0.141. The van der Waals surface area contributed by atoms with E-state index in [4.69, 9.17) is 5.11 Å². The summed E-state index contributed by atoms with van der Waals surface area (Å²) >= 11 is 0. The van der Waals surface area contributed by atoms with E-state index in [1.165, 1.54) is 6.39 Å². The summed E-state index contributed by atoms with van der Waals surface area (Å²) < 4.78 is 4.59. The number of carbonyl (C=O) groups is 2. The second-order valence-corrected chi connectivity index (χ2v) is 5.07. The average molecular weight is 298 g/mol. The highest BCUT2D eigenvalue weighted by Crippen LogP contribution is 2.09. The number of hydrogen-bond donors (Lipinski definition) is 3.